The van der Waals surface area contributed by atoms with Crippen LogP contribution in [0.2, 0.25) is 0 Å². The van der Waals surface area contributed by atoms with Crippen molar-refractivity contribution in [1.82, 2.24) is 5.32 Å². The van der Waals surface area contributed by atoms with Gasteiger partial charge in [0.15, 0.2) is 0 Å². The van der Waals surface area contributed by atoms with Crippen molar-refractivity contribution in [2.24, 2.45) is 0 Å². The molecule has 13 heavy (non-hydrogen) atoms. The minimum Gasteiger partial charge on any atom is -0.374 e. The van der Waals surface area contributed by atoms with Crippen LogP contribution in [0.15, 0.2) is 0 Å². The predicted molar refractivity (Wildman–Crippen MR) is 53.8 cm³/mol. The van der Waals surface area contributed by atoms with Gasteiger partial charge in [-0.05, 0) is 25.7 Å². The Labute approximate surface area is 81.0 Å². The number of ether oxygens (including phenoxy) is 1. The molecule has 2 fully saturated rings. The molecule has 0 aromatic rings. The molecule has 1 unspecified atom stereocenters. The van der Waals surface area contributed by atoms with Crippen molar-refractivity contribution in [3.63, 3.8) is 0 Å². The van der Waals surface area contributed by atoms with Crippen LogP contribution in [0.25, 0.3) is 0 Å². The Morgan fingerprint density at radius 2 is 2.15 bits per heavy atom. The van der Waals surface area contributed by atoms with Crippen molar-refractivity contribution < 1.29 is 4.74 Å². The molecule has 2 rings (SSSR count). The van der Waals surface area contributed by atoms with E-state index in [1.165, 1.54) is 38.5 Å². The van der Waals surface area contributed by atoms with Crippen molar-refractivity contribution in [2.45, 2.75) is 57.1 Å². The third-order valence-electron chi connectivity index (χ3n) is 3.60. The molecule has 1 spiro atoms. The minimum atomic E-state index is 0.226. The molecular formula is C11H21NO. The van der Waals surface area contributed by atoms with E-state index in [4.69, 9.17) is 4.74 Å². The lowest BCUT2D eigenvalue weighted by atomic mass is 10.0. The summed E-state index contributed by atoms with van der Waals surface area (Å²) in [5.74, 6) is 0. The first-order valence-electron chi connectivity index (χ1n) is 5.72. The van der Waals surface area contributed by atoms with Gasteiger partial charge in [0, 0.05) is 19.2 Å². The van der Waals surface area contributed by atoms with Crippen LogP contribution in [0.5, 0.6) is 0 Å². The fourth-order valence-electron chi connectivity index (χ4n) is 2.59. The number of nitrogens with one attached hydrogen (secondary N) is 1. The van der Waals surface area contributed by atoms with Gasteiger partial charge in [-0.1, -0.05) is 19.8 Å². The van der Waals surface area contributed by atoms with Crippen LogP contribution in [-0.4, -0.2) is 24.8 Å². The fraction of sp³-hybridized carbons (Fsp3) is 1.00. The van der Waals surface area contributed by atoms with Crippen molar-refractivity contribution in [1.29, 1.82) is 0 Å². The van der Waals surface area contributed by atoms with Crippen molar-refractivity contribution in [3.8, 4) is 0 Å². The van der Waals surface area contributed by atoms with Gasteiger partial charge in [0.1, 0.15) is 0 Å². The quantitative estimate of drug-likeness (QED) is 0.672. The fourth-order valence-corrected chi connectivity index (χ4v) is 2.59. The SMILES string of the molecule is CCC1CCOC2(CCCC2)CN1. The van der Waals surface area contributed by atoms with E-state index in [9.17, 15) is 0 Å². The molecule has 1 atom stereocenters. The second-order valence-corrected chi connectivity index (χ2v) is 4.51. The highest BCUT2D eigenvalue weighted by Crippen LogP contribution is 2.34. The van der Waals surface area contributed by atoms with Crippen LogP contribution in [0.3, 0.4) is 0 Å². The van der Waals surface area contributed by atoms with Crippen molar-refractivity contribution in [2.75, 3.05) is 13.2 Å². The molecule has 1 heterocycles. The van der Waals surface area contributed by atoms with Crippen LogP contribution in [0, 0.1) is 0 Å². The number of rotatable bonds is 1. The summed E-state index contributed by atoms with van der Waals surface area (Å²) in [6, 6.07) is 0.694. The van der Waals surface area contributed by atoms with Gasteiger partial charge in [0.2, 0.25) is 0 Å². The Kier molecular flexibility index (Phi) is 2.89. The minimum absolute atomic E-state index is 0.226. The standard InChI is InChI=1S/C11H21NO/c1-2-10-5-8-13-11(9-12-10)6-3-4-7-11/h10,12H,2-9H2,1H3. The van der Waals surface area contributed by atoms with E-state index in [0.29, 0.717) is 6.04 Å². The Morgan fingerprint density at radius 3 is 2.85 bits per heavy atom. The molecule has 0 bridgehead atoms. The second kappa shape index (κ2) is 3.97. The first-order valence-corrected chi connectivity index (χ1v) is 5.72. The maximum atomic E-state index is 6.02. The molecule has 1 N–H and O–H groups in total. The summed E-state index contributed by atoms with van der Waals surface area (Å²) >= 11 is 0. The molecule has 2 aliphatic rings. The molecule has 0 radical (unpaired) electrons. The predicted octanol–water partition coefficient (Wildman–Crippen LogP) is 2.09. The molecule has 76 valence electrons. The van der Waals surface area contributed by atoms with Gasteiger partial charge < -0.3 is 10.1 Å². The van der Waals surface area contributed by atoms with E-state index < -0.39 is 0 Å². The van der Waals surface area contributed by atoms with Gasteiger partial charge in [0.05, 0.1) is 5.60 Å². The Bertz CT molecular complexity index is 163. The topological polar surface area (TPSA) is 21.3 Å². The van der Waals surface area contributed by atoms with Gasteiger partial charge in [0.25, 0.3) is 0 Å². The molecule has 0 aromatic carbocycles. The molecule has 2 nitrogen and oxygen atoms in total. The highest BCUT2D eigenvalue weighted by Gasteiger charge is 2.36. The van der Waals surface area contributed by atoms with E-state index in [1.54, 1.807) is 0 Å². The summed E-state index contributed by atoms with van der Waals surface area (Å²) in [5.41, 5.74) is 0.226. The molecule has 1 aliphatic carbocycles. The summed E-state index contributed by atoms with van der Waals surface area (Å²) in [7, 11) is 0. The second-order valence-electron chi connectivity index (χ2n) is 4.51. The van der Waals surface area contributed by atoms with Gasteiger partial charge in [-0.25, -0.2) is 0 Å². The lowest BCUT2D eigenvalue weighted by Crippen LogP contribution is -2.40. The zero-order chi connectivity index (χ0) is 9.15. The summed E-state index contributed by atoms with van der Waals surface area (Å²) < 4.78 is 6.02. The Balaban J connectivity index is 1.93. The third-order valence-corrected chi connectivity index (χ3v) is 3.60. The Morgan fingerprint density at radius 1 is 1.38 bits per heavy atom. The first kappa shape index (κ1) is 9.47. The van der Waals surface area contributed by atoms with E-state index in [0.717, 1.165) is 13.2 Å². The molecular weight excluding hydrogens is 162 g/mol. The summed E-state index contributed by atoms with van der Waals surface area (Å²) in [5, 5.41) is 3.64. The largest absolute Gasteiger partial charge is 0.374 e. The number of hydrogen-bond donors (Lipinski definition) is 1. The summed E-state index contributed by atoms with van der Waals surface area (Å²) in [6.45, 7) is 4.31. The van der Waals surface area contributed by atoms with E-state index in [1.807, 2.05) is 0 Å². The van der Waals surface area contributed by atoms with Gasteiger partial charge in [-0.2, -0.15) is 0 Å². The lowest BCUT2D eigenvalue weighted by molar-refractivity contribution is -0.0277. The number of hydrogen-bond acceptors (Lipinski definition) is 2. The molecule has 0 amide bonds. The lowest BCUT2D eigenvalue weighted by Gasteiger charge is -2.27. The average Bonchev–Trinajstić information content (AvgIpc) is 2.49. The maximum Gasteiger partial charge on any atom is 0.0806 e. The molecule has 1 saturated carbocycles. The average molecular weight is 183 g/mol. The molecule has 1 saturated heterocycles. The monoisotopic (exact) mass is 183 g/mol. The van der Waals surface area contributed by atoms with Gasteiger partial charge in [-0.3, -0.25) is 0 Å². The van der Waals surface area contributed by atoms with Gasteiger partial charge >= 0.3 is 0 Å². The summed E-state index contributed by atoms with van der Waals surface area (Å²) in [4.78, 5) is 0. The molecule has 2 heteroatoms. The van der Waals surface area contributed by atoms with Crippen molar-refractivity contribution in [3.05, 3.63) is 0 Å². The van der Waals surface area contributed by atoms with E-state index in [2.05, 4.69) is 12.2 Å². The van der Waals surface area contributed by atoms with E-state index in [-0.39, 0.29) is 5.60 Å². The zero-order valence-electron chi connectivity index (χ0n) is 8.64. The zero-order valence-corrected chi connectivity index (χ0v) is 8.64. The smallest absolute Gasteiger partial charge is 0.0806 e. The van der Waals surface area contributed by atoms with Crippen LogP contribution < -0.4 is 5.32 Å². The van der Waals surface area contributed by atoms with Crippen LogP contribution in [0.4, 0.5) is 0 Å². The highest BCUT2D eigenvalue weighted by molar-refractivity contribution is 4.91. The Hall–Kier alpha value is -0.0800. The maximum absolute atomic E-state index is 6.02. The van der Waals surface area contributed by atoms with Crippen LogP contribution in [0.1, 0.15) is 45.4 Å². The normalized spacial score (nSPS) is 33.5. The van der Waals surface area contributed by atoms with Crippen LogP contribution >= 0.6 is 0 Å². The van der Waals surface area contributed by atoms with E-state index >= 15 is 0 Å². The van der Waals surface area contributed by atoms with Gasteiger partial charge in [-0.15, -0.1) is 0 Å². The molecule has 1 aliphatic heterocycles. The highest BCUT2D eigenvalue weighted by atomic mass is 16.5. The summed E-state index contributed by atoms with van der Waals surface area (Å²) in [6.07, 6.45) is 7.70. The van der Waals surface area contributed by atoms with Crippen molar-refractivity contribution >= 4 is 0 Å². The molecule has 0 aromatic heterocycles. The van der Waals surface area contributed by atoms with Crippen LogP contribution in [-0.2, 0) is 4.74 Å². The third kappa shape index (κ3) is 2.05. The first-order chi connectivity index (χ1) is 6.35.